The molecule has 2 heteroatoms. The Morgan fingerprint density at radius 3 is 2.50 bits per heavy atom. The largest absolute Gasteiger partial charge is 0.289 e. The van der Waals surface area contributed by atoms with Gasteiger partial charge in [0, 0.05) is 9.13 Å². The molecule has 0 saturated heterocycles. The molecular weight excluding hydrogens is 287 g/mol. The van der Waals surface area contributed by atoms with Crippen molar-refractivity contribution in [1.29, 1.82) is 0 Å². The van der Waals surface area contributed by atoms with E-state index in [4.69, 9.17) is 0 Å². The predicted molar refractivity (Wildman–Crippen MR) is 65.4 cm³/mol. The van der Waals surface area contributed by atoms with E-state index in [2.05, 4.69) is 28.7 Å². The van der Waals surface area contributed by atoms with Gasteiger partial charge in [-0.1, -0.05) is 18.2 Å². The molecule has 0 spiro atoms. The molecule has 0 radical (unpaired) electrons. The molecule has 0 aliphatic heterocycles. The van der Waals surface area contributed by atoms with Crippen molar-refractivity contribution >= 4 is 28.4 Å². The third-order valence-electron chi connectivity index (χ3n) is 2.44. The highest BCUT2D eigenvalue weighted by atomic mass is 127. The molecule has 0 fully saturated rings. The van der Waals surface area contributed by atoms with E-state index in [-0.39, 0.29) is 5.78 Å². The topological polar surface area (TPSA) is 17.1 Å². The number of carbonyl (C=O) groups excluding carboxylic acids is 1. The van der Waals surface area contributed by atoms with E-state index in [0.717, 1.165) is 30.4 Å². The van der Waals surface area contributed by atoms with Crippen molar-refractivity contribution in [2.45, 2.75) is 19.3 Å². The zero-order chi connectivity index (χ0) is 9.97. The normalized spacial score (nSPS) is 15.4. The number of allylic oxidation sites excluding steroid dienone is 2. The Kier molecular flexibility index (Phi) is 3.01. The summed E-state index contributed by atoms with van der Waals surface area (Å²) in [5.74, 6) is 0.207. The fourth-order valence-corrected chi connectivity index (χ4v) is 2.02. The van der Waals surface area contributed by atoms with E-state index in [1.165, 1.54) is 3.57 Å². The van der Waals surface area contributed by atoms with Crippen LogP contribution in [0.5, 0.6) is 0 Å². The van der Waals surface area contributed by atoms with Gasteiger partial charge in [0.25, 0.3) is 0 Å². The van der Waals surface area contributed by atoms with E-state index in [9.17, 15) is 4.79 Å². The van der Waals surface area contributed by atoms with Gasteiger partial charge in [-0.15, -0.1) is 0 Å². The molecule has 1 nitrogen and oxygen atoms in total. The maximum absolute atomic E-state index is 11.9. The molecule has 0 aromatic heterocycles. The van der Waals surface area contributed by atoms with Gasteiger partial charge in [0.1, 0.15) is 0 Å². The lowest BCUT2D eigenvalue weighted by Gasteiger charge is -2.01. The average molecular weight is 298 g/mol. The second kappa shape index (κ2) is 4.26. The van der Waals surface area contributed by atoms with E-state index in [1.807, 2.05) is 24.3 Å². The summed E-state index contributed by atoms with van der Waals surface area (Å²) in [5, 5.41) is 0. The lowest BCUT2D eigenvalue weighted by Crippen LogP contribution is -2.01. The minimum atomic E-state index is 0.207. The molecule has 0 N–H and O–H groups in total. The van der Waals surface area contributed by atoms with Gasteiger partial charge in [0.2, 0.25) is 0 Å². The summed E-state index contributed by atoms with van der Waals surface area (Å²) in [6.45, 7) is 0. The first-order valence-corrected chi connectivity index (χ1v) is 5.84. The summed E-state index contributed by atoms with van der Waals surface area (Å²) >= 11 is 2.24. The van der Waals surface area contributed by atoms with E-state index in [1.54, 1.807) is 0 Å². The van der Waals surface area contributed by atoms with Crippen LogP contribution < -0.4 is 0 Å². The van der Waals surface area contributed by atoms with Crippen molar-refractivity contribution in [1.82, 2.24) is 0 Å². The monoisotopic (exact) mass is 298 g/mol. The van der Waals surface area contributed by atoms with Crippen LogP contribution in [-0.4, -0.2) is 5.78 Å². The first-order valence-electron chi connectivity index (χ1n) is 4.76. The number of hydrogen-bond acceptors (Lipinski definition) is 1. The van der Waals surface area contributed by atoms with Gasteiger partial charge in [-0.2, -0.15) is 0 Å². The summed E-state index contributed by atoms with van der Waals surface area (Å²) in [5.41, 5.74) is 1.81. The maximum atomic E-state index is 11.9. The minimum Gasteiger partial charge on any atom is -0.289 e. The first kappa shape index (κ1) is 9.90. The molecule has 0 amide bonds. The number of benzene rings is 1. The Hall–Kier alpha value is -0.640. The number of halogens is 1. The lowest BCUT2D eigenvalue weighted by molar-refractivity contribution is 0.103. The summed E-state index contributed by atoms with van der Waals surface area (Å²) in [4.78, 5) is 11.9. The quantitative estimate of drug-likeness (QED) is 0.602. The fraction of sp³-hybridized carbons (Fsp3) is 0.250. The molecule has 0 unspecified atom stereocenters. The average Bonchev–Trinajstić information content (AvgIpc) is 2.71. The number of rotatable bonds is 2. The molecule has 1 aromatic carbocycles. The zero-order valence-electron chi connectivity index (χ0n) is 7.79. The van der Waals surface area contributed by atoms with Crippen molar-refractivity contribution in [3.05, 3.63) is 45.0 Å². The van der Waals surface area contributed by atoms with Crippen LogP contribution in [0.2, 0.25) is 0 Å². The molecule has 0 saturated carbocycles. The standard InChI is InChI=1S/C12H11IO/c13-11-7-5-10(6-8-11)12(14)9-3-1-2-4-9/h3,5-8H,1-2,4H2. The van der Waals surface area contributed by atoms with Crippen molar-refractivity contribution in [3.8, 4) is 0 Å². The van der Waals surface area contributed by atoms with Crippen LogP contribution in [0.3, 0.4) is 0 Å². The molecule has 2 rings (SSSR count). The SMILES string of the molecule is O=C(C1=CCCC1)c1ccc(I)cc1. The fourth-order valence-electron chi connectivity index (χ4n) is 1.66. The van der Waals surface area contributed by atoms with Gasteiger partial charge >= 0.3 is 0 Å². The molecule has 0 heterocycles. The maximum Gasteiger partial charge on any atom is 0.188 e. The van der Waals surface area contributed by atoms with E-state index < -0.39 is 0 Å². The Morgan fingerprint density at radius 2 is 1.93 bits per heavy atom. The highest BCUT2D eigenvalue weighted by Gasteiger charge is 2.14. The molecule has 14 heavy (non-hydrogen) atoms. The molecule has 0 bridgehead atoms. The molecule has 0 atom stereocenters. The van der Waals surface area contributed by atoms with Gasteiger partial charge in [0.05, 0.1) is 0 Å². The molecule has 1 aromatic rings. The van der Waals surface area contributed by atoms with Crippen LogP contribution in [0, 0.1) is 3.57 Å². The van der Waals surface area contributed by atoms with Crippen molar-refractivity contribution < 1.29 is 4.79 Å². The Balaban J connectivity index is 2.22. The van der Waals surface area contributed by atoms with Crippen LogP contribution in [0.4, 0.5) is 0 Å². The molecular formula is C12H11IO. The van der Waals surface area contributed by atoms with E-state index in [0.29, 0.717) is 0 Å². The van der Waals surface area contributed by atoms with Crippen LogP contribution in [-0.2, 0) is 0 Å². The highest BCUT2D eigenvalue weighted by molar-refractivity contribution is 14.1. The minimum absolute atomic E-state index is 0.207. The lowest BCUT2D eigenvalue weighted by atomic mass is 10.0. The first-order chi connectivity index (χ1) is 6.77. The van der Waals surface area contributed by atoms with Crippen LogP contribution in [0.25, 0.3) is 0 Å². The molecule has 1 aliphatic rings. The number of hydrogen-bond donors (Lipinski definition) is 0. The second-order valence-electron chi connectivity index (χ2n) is 3.46. The van der Waals surface area contributed by atoms with Crippen molar-refractivity contribution in [3.63, 3.8) is 0 Å². The second-order valence-corrected chi connectivity index (χ2v) is 4.70. The van der Waals surface area contributed by atoms with E-state index >= 15 is 0 Å². The van der Waals surface area contributed by atoms with Crippen molar-refractivity contribution in [2.75, 3.05) is 0 Å². The molecule has 72 valence electrons. The van der Waals surface area contributed by atoms with Crippen LogP contribution >= 0.6 is 22.6 Å². The summed E-state index contributed by atoms with van der Waals surface area (Å²) < 4.78 is 1.17. The molecule has 1 aliphatic carbocycles. The highest BCUT2D eigenvalue weighted by Crippen LogP contribution is 2.22. The van der Waals surface area contributed by atoms with Crippen LogP contribution in [0.1, 0.15) is 29.6 Å². The van der Waals surface area contributed by atoms with Crippen LogP contribution in [0.15, 0.2) is 35.9 Å². The summed E-state index contributed by atoms with van der Waals surface area (Å²) in [6, 6.07) is 7.76. The Bertz CT molecular complexity index is 376. The number of Topliss-reactive ketones (excluding diaryl/α,β-unsaturated/α-hetero) is 1. The summed E-state index contributed by atoms with van der Waals surface area (Å²) in [6.07, 6.45) is 5.21. The third-order valence-corrected chi connectivity index (χ3v) is 3.16. The predicted octanol–water partition coefficient (Wildman–Crippen LogP) is 3.58. The third kappa shape index (κ3) is 2.05. The van der Waals surface area contributed by atoms with Gasteiger partial charge in [-0.05, 0) is 59.6 Å². The van der Waals surface area contributed by atoms with Gasteiger partial charge in [0.15, 0.2) is 5.78 Å². The Morgan fingerprint density at radius 1 is 1.21 bits per heavy atom. The van der Waals surface area contributed by atoms with Gasteiger partial charge in [-0.3, -0.25) is 4.79 Å². The van der Waals surface area contributed by atoms with Crippen molar-refractivity contribution in [2.24, 2.45) is 0 Å². The Labute approximate surface area is 97.3 Å². The van der Waals surface area contributed by atoms with Gasteiger partial charge in [-0.25, -0.2) is 0 Å². The number of ketones is 1. The smallest absolute Gasteiger partial charge is 0.188 e. The summed E-state index contributed by atoms with van der Waals surface area (Å²) in [7, 11) is 0. The zero-order valence-corrected chi connectivity index (χ0v) is 9.95. The van der Waals surface area contributed by atoms with Gasteiger partial charge < -0.3 is 0 Å². The number of carbonyl (C=O) groups is 1.